The van der Waals surface area contributed by atoms with Gasteiger partial charge in [0.15, 0.2) is 5.76 Å². The highest BCUT2D eigenvalue weighted by molar-refractivity contribution is 6.02. The second kappa shape index (κ2) is 5.70. The molecule has 0 spiro atoms. The van der Waals surface area contributed by atoms with Gasteiger partial charge in [-0.05, 0) is 43.3 Å². The molecule has 0 unspecified atom stereocenters. The molecule has 5 nitrogen and oxygen atoms in total. The number of aryl methyl sites for hydroxylation is 1. The Morgan fingerprint density at radius 1 is 1.00 bits per heavy atom. The lowest BCUT2D eigenvalue weighted by Gasteiger charge is -2.09. The number of hydrogen-bond acceptors (Lipinski definition) is 3. The molecule has 1 N–H and O–H groups in total. The minimum Gasteiger partial charge on any atom is -0.456 e. The molecule has 1 amide bonds. The normalized spacial score (nSPS) is 10.9. The number of benzene rings is 2. The summed E-state index contributed by atoms with van der Waals surface area (Å²) < 4.78 is 7.31. The van der Waals surface area contributed by atoms with Crippen molar-refractivity contribution in [1.82, 2.24) is 9.55 Å². The summed E-state index contributed by atoms with van der Waals surface area (Å²) in [6.07, 6.45) is 0. The van der Waals surface area contributed by atoms with Crippen molar-refractivity contribution in [3.63, 3.8) is 0 Å². The molecular formula is C19H15N3O2. The van der Waals surface area contributed by atoms with Crippen LogP contribution in [0.15, 0.2) is 71.1 Å². The number of rotatable bonds is 3. The van der Waals surface area contributed by atoms with Crippen LogP contribution in [0, 0.1) is 6.92 Å². The summed E-state index contributed by atoms with van der Waals surface area (Å²) >= 11 is 0. The Hall–Kier alpha value is -3.34. The summed E-state index contributed by atoms with van der Waals surface area (Å²) in [5.41, 5.74) is 2.67. The van der Waals surface area contributed by atoms with Crippen LogP contribution in [0.3, 0.4) is 0 Å². The molecule has 2 aromatic carbocycles. The lowest BCUT2D eigenvalue weighted by Crippen LogP contribution is -2.14. The van der Waals surface area contributed by atoms with Crippen LogP contribution in [-0.2, 0) is 0 Å². The molecule has 0 atom stereocenters. The van der Waals surface area contributed by atoms with E-state index in [1.807, 2.05) is 59.2 Å². The van der Waals surface area contributed by atoms with E-state index in [0.29, 0.717) is 11.7 Å². The van der Waals surface area contributed by atoms with Gasteiger partial charge in [-0.3, -0.25) is 14.7 Å². The van der Waals surface area contributed by atoms with Gasteiger partial charge in [0.1, 0.15) is 5.76 Å². The number of furan rings is 1. The number of amides is 1. The van der Waals surface area contributed by atoms with Crippen molar-refractivity contribution in [1.29, 1.82) is 0 Å². The van der Waals surface area contributed by atoms with Gasteiger partial charge in [-0.2, -0.15) is 0 Å². The summed E-state index contributed by atoms with van der Waals surface area (Å²) in [4.78, 5) is 17.0. The molecule has 0 fully saturated rings. The van der Waals surface area contributed by atoms with Crippen LogP contribution in [0.5, 0.6) is 0 Å². The third kappa shape index (κ3) is 2.46. The molecule has 118 valence electrons. The van der Waals surface area contributed by atoms with E-state index < -0.39 is 0 Å². The van der Waals surface area contributed by atoms with Crippen molar-refractivity contribution >= 4 is 22.9 Å². The highest BCUT2D eigenvalue weighted by Gasteiger charge is 2.17. The number of para-hydroxylation sites is 3. The Balaban J connectivity index is 1.81. The molecule has 0 radical (unpaired) electrons. The zero-order valence-electron chi connectivity index (χ0n) is 13.1. The zero-order valence-corrected chi connectivity index (χ0v) is 13.1. The summed E-state index contributed by atoms with van der Waals surface area (Å²) in [6, 6.07) is 21.0. The van der Waals surface area contributed by atoms with Crippen molar-refractivity contribution in [3.05, 3.63) is 78.3 Å². The molecule has 2 heterocycles. The summed E-state index contributed by atoms with van der Waals surface area (Å²) in [5, 5.41) is 2.85. The number of carbonyl (C=O) groups is 1. The first-order valence-corrected chi connectivity index (χ1v) is 7.63. The third-order valence-corrected chi connectivity index (χ3v) is 3.76. The van der Waals surface area contributed by atoms with Crippen molar-refractivity contribution in [2.45, 2.75) is 6.92 Å². The van der Waals surface area contributed by atoms with Crippen LogP contribution in [-0.4, -0.2) is 15.5 Å². The van der Waals surface area contributed by atoms with Crippen LogP contribution >= 0.6 is 0 Å². The van der Waals surface area contributed by atoms with Crippen molar-refractivity contribution < 1.29 is 9.21 Å². The van der Waals surface area contributed by atoms with E-state index in [1.165, 1.54) is 0 Å². The van der Waals surface area contributed by atoms with Crippen molar-refractivity contribution in [2.24, 2.45) is 0 Å². The molecule has 2 aromatic heterocycles. The molecule has 0 aliphatic rings. The molecule has 4 rings (SSSR count). The fraction of sp³-hybridized carbons (Fsp3) is 0.0526. The van der Waals surface area contributed by atoms with Gasteiger partial charge in [0.2, 0.25) is 5.95 Å². The third-order valence-electron chi connectivity index (χ3n) is 3.76. The Labute approximate surface area is 138 Å². The number of carbonyl (C=O) groups excluding carboxylic acids is 1. The molecule has 0 saturated carbocycles. The summed E-state index contributed by atoms with van der Waals surface area (Å²) in [6.45, 7) is 1.80. The molecular weight excluding hydrogens is 302 g/mol. The Kier molecular flexibility index (Phi) is 3.39. The highest BCUT2D eigenvalue weighted by Crippen LogP contribution is 2.25. The smallest absolute Gasteiger partial charge is 0.293 e. The van der Waals surface area contributed by atoms with E-state index in [4.69, 9.17) is 4.42 Å². The molecule has 0 bridgehead atoms. The number of aromatic nitrogens is 2. The number of imidazole rings is 1. The average Bonchev–Trinajstić information content (AvgIpc) is 3.19. The van der Waals surface area contributed by atoms with Crippen LogP contribution < -0.4 is 5.32 Å². The fourth-order valence-corrected chi connectivity index (χ4v) is 2.67. The summed E-state index contributed by atoms with van der Waals surface area (Å²) in [5.74, 6) is 1.09. The minimum atomic E-state index is -0.324. The van der Waals surface area contributed by atoms with Gasteiger partial charge in [0, 0.05) is 5.69 Å². The quantitative estimate of drug-likeness (QED) is 0.616. The maximum atomic E-state index is 12.4. The van der Waals surface area contributed by atoms with Gasteiger partial charge in [-0.25, -0.2) is 4.98 Å². The lowest BCUT2D eigenvalue weighted by atomic mass is 10.3. The predicted molar refractivity (Wildman–Crippen MR) is 92.5 cm³/mol. The average molecular weight is 317 g/mol. The Morgan fingerprint density at radius 2 is 1.75 bits per heavy atom. The van der Waals surface area contributed by atoms with Crippen LogP contribution in [0.4, 0.5) is 5.95 Å². The second-order valence-corrected chi connectivity index (χ2v) is 5.46. The topological polar surface area (TPSA) is 60.1 Å². The number of nitrogens with zero attached hydrogens (tertiary/aromatic N) is 2. The second-order valence-electron chi connectivity index (χ2n) is 5.46. The fourth-order valence-electron chi connectivity index (χ4n) is 2.67. The lowest BCUT2D eigenvalue weighted by molar-refractivity contribution is 0.0994. The monoisotopic (exact) mass is 317 g/mol. The first-order chi connectivity index (χ1) is 11.7. The van der Waals surface area contributed by atoms with Gasteiger partial charge >= 0.3 is 0 Å². The number of fused-ring (bicyclic) bond motifs is 1. The van der Waals surface area contributed by atoms with E-state index in [2.05, 4.69) is 10.3 Å². The van der Waals surface area contributed by atoms with Crippen LogP contribution in [0.1, 0.15) is 16.3 Å². The molecule has 24 heavy (non-hydrogen) atoms. The summed E-state index contributed by atoms with van der Waals surface area (Å²) in [7, 11) is 0. The SMILES string of the molecule is Cc1ccc(C(=O)Nc2nc3ccccc3n2-c2ccccc2)o1. The van der Waals surface area contributed by atoms with Crippen LogP contribution in [0.2, 0.25) is 0 Å². The standard InChI is InChI=1S/C19H15N3O2/c1-13-11-12-17(24-13)18(23)21-19-20-15-9-5-6-10-16(15)22(19)14-7-3-2-4-8-14/h2-12H,1H3,(H,20,21,23). The molecule has 4 aromatic rings. The van der Waals surface area contributed by atoms with Gasteiger partial charge < -0.3 is 4.42 Å². The van der Waals surface area contributed by atoms with E-state index in [-0.39, 0.29) is 11.7 Å². The van der Waals surface area contributed by atoms with Gasteiger partial charge in [0.05, 0.1) is 11.0 Å². The van der Waals surface area contributed by atoms with E-state index >= 15 is 0 Å². The van der Waals surface area contributed by atoms with Gasteiger partial charge in [-0.15, -0.1) is 0 Å². The van der Waals surface area contributed by atoms with Gasteiger partial charge in [-0.1, -0.05) is 30.3 Å². The molecule has 0 aliphatic heterocycles. The number of hydrogen-bond donors (Lipinski definition) is 1. The largest absolute Gasteiger partial charge is 0.456 e. The van der Waals surface area contributed by atoms with E-state index in [9.17, 15) is 4.79 Å². The number of anilines is 1. The molecule has 5 heteroatoms. The Bertz CT molecular complexity index is 1020. The predicted octanol–water partition coefficient (Wildman–Crippen LogP) is 4.18. The minimum absolute atomic E-state index is 0.263. The first-order valence-electron chi connectivity index (χ1n) is 7.63. The zero-order chi connectivity index (χ0) is 16.5. The van der Waals surface area contributed by atoms with E-state index in [1.54, 1.807) is 19.1 Å². The molecule has 0 saturated heterocycles. The maximum Gasteiger partial charge on any atom is 0.293 e. The van der Waals surface area contributed by atoms with Crippen molar-refractivity contribution in [2.75, 3.05) is 5.32 Å². The number of nitrogens with one attached hydrogen (secondary N) is 1. The highest BCUT2D eigenvalue weighted by atomic mass is 16.3. The van der Waals surface area contributed by atoms with Crippen molar-refractivity contribution in [3.8, 4) is 5.69 Å². The first kappa shape index (κ1) is 14.3. The van der Waals surface area contributed by atoms with Gasteiger partial charge in [0.25, 0.3) is 5.91 Å². The Morgan fingerprint density at radius 3 is 2.50 bits per heavy atom. The van der Waals surface area contributed by atoms with E-state index in [0.717, 1.165) is 16.7 Å². The molecule has 0 aliphatic carbocycles. The maximum absolute atomic E-state index is 12.4. The van der Waals surface area contributed by atoms with Crippen LogP contribution in [0.25, 0.3) is 16.7 Å².